The fourth-order valence-corrected chi connectivity index (χ4v) is 1.95. The fourth-order valence-electron chi connectivity index (χ4n) is 1.95. The lowest BCUT2D eigenvalue weighted by molar-refractivity contribution is -0.129. The highest BCUT2D eigenvalue weighted by atomic mass is 16.2. The molecule has 0 heterocycles. The summed E-state index contributed by atoms with van der Waals surface area (Å²) in [5.74, 6) is -0.541. The molecular formula is C14H27N5O3. The first-order chi connectivity index (χ1) is 10.3. The van der Waals surface area contributed by atoms with Crippen LogP contribution in [0.1, 0.15) is 40.0 Å². The summed E-state index contributed by atoms with van der Waals surface area (Å²) in [6.45, 7) is 5.71. The number of hydrogen-bond acceptors (Lipinski definition) is 4. The minimum atomic E-state index is -0.643. The molecule has 2 atom stereocenters. The minimum absolute atomic E-state index is 0.130. The molecule has 0 aliphatic rings. The van der Waals surface area contributed by atoms with Crippen molar-refractivity contribution >= 4 is 24.1 Å². The number of nitrogens with two attached hydrogens (primary N) is 1. The number of nitrogens with one attached hydrogen (secondary N) is 4. The van der Waals surface area contributed by atoms with Gasteiger partial charge in [-0.25, -0.2) is 0 Å². The number of amides is 2. The highest BCUT2D eigenvalue weighted by Gasteiger charge is 2.22. The molecule has 0 aromatic rings. The number of guanidine groups is 1. The van der Waals surface area contributed by atoms with E-state index in [0.717, 1.165) is 0 Å². The van der Waals surface area contributed by atoms with Crippen molar-refractivity contribution in [1.29, 1.82) is 5.41 Å². The van der Waals surface area contributed by atoms with E-state index in [2.05, 4.69) is 16.0 Å². The first-order valence-electron chi connectivity index (χ1n) is 7.36. The van der Waals surface area contributed by atoms with Gasteiger partial charge in [0, 0.05) is 13.5 Å². The third-order valence-corrected chi connectivity index (χ3v) is 2.90. The van der Waals surface area contributed by atoms with E-state index in [1.54, 1.807) is 0 Å². The normalized spacial score (nSPS) is 13.1. The smallest absolute Gasteiger partial charge is 0.243 e. The van der Waals surface area contributed by atoms with Crippen LogP contribution < -0.4 is 21.7 Å². The van der Waals surface area contributed by atoms with Crippen molar-refractivity contribution < 1.29 is 14.4 Å². The Labute approximate surface area is 131 Å². The summed E-state index contributed by atoms with van der Waals surface area (Å²) in [6.07, 6.45) is 2.19. The van der Waals surface area contributed by atoms with Gasteiger partial charge in [0.15, 0.2) is 5.96 Å². The van der Waals surface area contributed by atoms with Crippen LogP contribution in [0.15, 0.2) is 0 Å². The summed E-state index contributed by atoms with van der Waals surface area (Å²) < 4.78 is 0. The van der Waals surface area contributed by atoms with E-state index in [9.17, 15) is 14.4 Å². The first kappa shape index (κ1) is 19.9. The molecule has 6 N–H and O–H groups in total. The maximum absolute atomic E-state index is 12.2. The van der Waals surface area contributed by atoms with E-state index < -0.39 is 12.1 Å². The Hall–Kier alpha value is -2.12. The summed E-state index contributed by atoms with van der Waals surface area (Å²) >= 11 is 0. The van der Waals surface area contributed by atoms with Crippen molar-refractivity contribution in [3.8, 4) is 0 Å². The Morgan fingerprint density at radius 2 is 1.91 bits per heavy atom. The zero-order valence-corrected chi connectivity index (χ0v) is 13.4. The fraction of sp³-hybridized carbons (Fsp3) is 0.714. The molecule has 8 heteroatoms. The van der Waals surface area contributed by atoms with Crippen LogP contribution >= 0.6 is 0 Å². The second kappa shape index (κ2) is 10.6. The van der Waals surface area contributed by atoms with Gasteiger partial charge in [-0.3, -0.25) is 15.0 Å². The monoisotopic (exact) mass is 313 g/mol. The molecule has 0 unspecified atom stereocenters. The lowest BCUT2D eigenvalue weighted by atomic mass is 10.0. The molecule has 2 amide bonds. The van der Waals surface area contributed by atoms with E-state index in [0.29, 0.717) is 32.1 Å². The molecule has 126 valence electrons. The van der Waals surface area contributed by atoms with E-state index in [4.69, 9.17) is 11.1 Å². The van der Waals surface area contributed by atoms with Crippen molar-refractivity contribution in [1.82, 2.24) is 16.0 Å². The van der Waals surface area contributed by atoms with Crippen LogP contribution in [0, 0.1) is 11.3 Å². The van der Waals surface area contributed by atoms with Gasteiger partial charge in [0.2, 0.25) is 11.8 Å². The largest absolute Gasteiger partial charge is 0.370 e. The molecule has 22 heavy (non-hydrogen) atoms. The molecule has 0 aromatic heterocycles. The molecule has 0 saturated heterocycles. The first-order valence-corrected chi connectivity index (χ1v) is 7.36. The molecule has 0 aromatic carbocycles. The molecular weight excluding hydrogens is 286 g/mol. The zero-order chi connectivity index (χ0) is 17.1. The standard InChI is InChI=1S/C14H27N5O3/c1-9(2)7-12(18-10(3)21)13(22)19-11(8-20)5-4-6-17-14(15)16/h8-9,11-12H,4-7H2,1-3H3,(H,18,21)(H,19,22)(H4,15,16,17)/t11-,12-/m0/s1. The highest BCUT2D eigenvalue weighted by Crippen LogP contribution is 2.06. The van der Waals surface area contributed by atoms with Gasteiger partial charge in [-0.15, -0.1) is 0 Å². The summed E-state index contributed by atoms with van der Waals surface area (Å²) in [7, 11) is 0. The Morgan fingerprint density at radius 3 is 2.36 bits per heavy atom. The van der Waals surface area contributed by atoms with Gasteiger partial charge in [-0.1, -0.05) is 13.8 Å². The van der Waals surface area contributed by atoms with Gasteiger partial charge in [-0.05, 0) is 25.2 Å². The summed E-state index contributed by atoms with van der Waals surface area (Å²) in [4.78, 5) is 34.4. The molecule has 0 rings (SSSR count). The van der Waals surface area contributed by atoms with Crippen molar-refractivity contribution in [2.45, 2.75) is 52.1 Å². The van der Waals surface area contributed by atoms with Gasteiger partial charge in [0.25, 0.3) is 0 Å². The molecule has 0 saturated carbocycles. The SMILES string of the molecule is CC(=O)N[C@@H](CC(C)C)C(=O)N[C@H](C=O)CCCNC(=N)N. The molecule has 0 bridgehead atoms. The molecule has 0 spiro atoms. The second-order valence-electron chi connectivity index (χ2n) is 5.62. The average molecular weight is 313 g/mol. The number of hydrogen-bond donors (Lipinski definition) is 5. The quantitative estimate of drug-likeness (QED) is 0.160. The maximum Gasteiger partial charge on any atom is 0.243 e. The van der Waals surface area contributed by atoms with Crippen molar-refractivity contribution in [2.24, 2.45) is 11.7 Å². The Morgan fingerprint density at radius 1 is 1.27 bits per heavy atom. The van der Waals surface area contributed by atoms with Gasteiger partial charge < -0.3 is 26.5 Å². The lowest BCUT2D eigenvalue weighted by Gasteiger charge is -2.21. The van der Waals surface area contributed by atoms with Gasteiger partial charge >= 0.3 is 0 Å². The van der Waals surface area contributed by atoms with E-state index in [-0.39, 0.29) is 23.7 Å². The van der Waals surface area contributed by atoms with Crippen molar-refractivity contribution in [3.63, 3.8) is 0 Å². The van der Waals surface area contributed by atoms with E-state index in [1.807, 2.05) is 13.8 Å². The van der Waals surface area contributed by atoms with Crippen molar-refractivity contribution in [2.75, 3.05) is 6.54 Å². The predicted molar refractivity (Wildman–Crippen MR) is 84.2 cm³/mol. The average Bonchev–Trinajstić information content (AvgIpc) is 2.39. The zero-order valence-electron chi connectivity index (χ0n) is 13.4. The highest BCUT2D eigenvalue weighted by molar-refractivity contribution is 5.88. The third-order valence-electron chi connectivity index (χ3n) is 2.90. The summed E-state index contributed by atoms with van der Waals surface area (Å²) in [6, 6.07) is -1.26. The molecule has 0 aliphatic heterocycles. The molecule has 8 nitrogen and oxygen atoms in total. The van der Waals surface area contributed by atoms with Gasteiger partial charge in [0.1, 0.15) is 12.3 Å². The van der Waals surface area contributed by atoms with Crippen LogP contribution in [0.2, 0.25) is 0 Å². The van der Waals surface area contributed by atoms with E-state index >= 15 is 0 Å². The lowest BCUT2D eigenvalue weighted by Crippen LogP contribution is -2.50. The van der Waals surface area contributed by atoms with Crippen LogP contribution in [0.25, 0.3) is 0 Å². The van der Waals surface area contributed by atoms with E-state index in [1.165, 1.54) is 6.92 Å². The van der Waals surface area contributed by atoms with Crippen LogP contribution in [-0.2, 0) is 14.4 Å². The van der Waals surface area contributed by atoms with Crippen LogP contribution in [0.5, 0.6) is 0 Å². The van der Waals surface area contributed by atoms with Crippen LogP contribution in [0.3, 0.4) is 0 Å². The van der Waals surface area contributed by atoms with Gasteiger partial charge in [-0.2, -0.15) is 0 Å². The Bertz CT molecular complexity index is 398. The molecule has 0 aliphatic carbocycles. The number of rotatable bonds is 10. The minimum Gasteiger partial charge on any atom is -0.370 e. The summed E-state index contributed by atoms with van der Waals surface area (Å²) in [5.41, 5.74) is 5.15. The maximum atomic E-state index is 12.2. The van der Waals surface area contributed by atoms with Crippen LogP contribution in [-0.4, -0.2) is 42.7 Å². The second-order valence-corrected chi connectivity index (χ2v) is 5.62. The number of aldehydes is 1. The number of carbonyl (C=O) groups is 3. The van der Waals surface area contributed by atoms with Gasteiger partial charge in [0.05, 0.1) is 6.04 Å². The Balaban J connectivity index is 4.42. The number of carbonyl (C=O) groups excluding carboxylic acids is 3. The van der Waals surface area contributed by atoms with Crippen molar-refractivity contribution in [3.05, 3.63) is 0 Å². The molecule has 0 fully saturated rings. The molecule has 0 radical (unpaired) electrons. The Kier molecular flexibility index (Phi) is 9.56. The predicted octanol–water partition coefficient (Wildman–Crippen LogP) is -0.516. The third kappa shape index (κ3) is 9.73. The summed E-state index contributed by atoms with van der Waals surface area (Å²) in [5, 5.41) is 14.9. The topological polar surface area (TPSA) is 137 Å². The van der Waals surface area contributed by atoms with Crippen LogP contribution in [0.4, 0.5) is 0 Å².